The molecule has 0 aliphatic carbocycles. The van der Waals surface area contributed by atoms with Crippen molar-refractivity contribution in [3.05, 3.63) is 64.3 Å². The number of methoxy groups -OCH3 is 1. The monoisotopic (exact) mass is 487 g/mol. The number of carbonyl (C=O) groups excluding carboxylic acids is 1. The number of alkyl halides is 3. The smallest absolute Gasteiger partial charge is 0.433 e. The van der Waals surface area contributed by atoms with E-state index < -0.39 is 17.8 Å². The van der Waals surface area contributed by atoms with Crippen LogP contribution in [0, 0.1) is 0 Å². The third-order valence-corrected chi connectivity index (χ3v) is 5.14. The van der Waals surface area contributed by atoms with Gasteiger partial charge < -0.3 is 10.1 Å². The highest BCUT2D eigenvalue weighted by Crippen LogP contribution is 2.32. The second-order valence-electron chi connectivity index (χ2n) is 6.14. The average molecular weight is 488 g/mol. The molecule has 0 spiro atoms. The minimum Gasteiger partial charge on any atom is -0.497 e. The van der Waals surface area contributed by atoms with E-state index in [1.54, 1.807) is 24.3 Å². The van der Waals surface area contributed by atoms with Gasteiger partial charge in [0.25, 0.3) is 0 Å². The van der Waals surface area contributed by atoms with Crippen LogP contribution in [0.4, 0.5) is 18.9 Å². The number of benzene rings is 2. The zero-order valence-corrected chi connectivity index (χ0v) is 18.2. The van der Waals surface area contributed by atoms with Crippen LogP contribution in [-0.4, -0.2) is 28.7 Å². The van der Waals surface area contributed by atoms with Crippen LogP contribution in [-0.2, 0) is 11.0 Å². The van der Waals surface area contributed by atoms with Crippen LogP contribution in [0.2, 0.25) is 10.0 Å². The summed E-state index contributed by atoms with van der Waals surface area (Å²) in [5.74, 6) is -0.135. The summed E-state index contributed by atoms with van der Waals surface area (Å²) in [5.41, 5.74) is -0.201. The van der Waals surface area contributed by atoms with Crippen molar-refractivity contribution in [3.63, 3.8) is 0 Å². The van der Waals surface area contributed by atoms with E-state index in [9.17, 15) is 18.0 Å². The number of halogens is 5. The van der Waals surface area contributed by atoms with Crippen LogP contribution in [0.1, 0.15) is 5.69 Å². The number of ether oxygens (including phenoxy) is 1. The lowest BCUT2D eigenvalue weighted by atomic mass is 10.1. The minimum absolute atomic E-state index is 0.0782. The number of nitrogens with zero attached hydrogens (tertiary/aromatic N) is 2. The zero-order valence-electron chi connectivity index (χ0n) is 15.8. The zero-order chi connectivity index (χ0) is 22.6. The molecule has 0 radical (unpaired) electrons. The van der Waals surface area contributed by atoms with E-state index in [0.29, 0.717) is 27.0 Å². The molecule has 1 aromatic heterocycles. The highest BCUT2D eigenvalue weighted by atomic mass is 35.5. The lowest BCUT2D eigenvalue weighted by molar-refractivity contribution is -0.141. The second-order valence-corrected chi connectivity index (χ2v) is 7.96. The highest BCUT2D eigenvalue weighted by molar-refractivity contribution is 7.99. The van der Waals surface area contributed by atoms with Crippen molar-refractivity contribution in [1.82, 2.24) is 9.97 Å². The van der Waals surface area contributed by atoms with Crippen molar-refractivity contribution in [1.29, 1.82) is 0 Å². The van der Waals surface area contributed by atoms with Crippen molar-refractivity contribution in [2.24, 2.45) is 0 Å². The molecule has 3 rings (SSSR count). The molecule has 11 heteroatoms. The van der Waals surface area contributed by atoms with Gasteiger partial charge in [-0.3, -0.25) is 4.79 Å². The first kappa shape index (κ1) is 23.2. The number of amides is 1. The molecule has 0 fully saturated rings. The first-order valence-electron chi connectivity index (χ1n) is 8.63. The van der Waals surface area contributed by atoms with Gasteiger partial charge in [-0.15, -0.1) is 0 Å². The summed E-state index contributed by atoms with van der Waals surface area (Å²) in [5, 5.41) is 3.06. The SMILES string of the molecule is COc1ccc(-c2cc(C(F)(F)F)nc(SCC(=O)Nc3cc(Cl)cc(Cl)c3)n2)cc1. The van der Waals surface area contributed by atoms with Crippen molar-refractivity contribution >= 4 is 46.6 Å². The standard InChI is InChI=1S/C20H14Cl2F3N3O2S/c1-30-15-4-2-11(3-5-15)16-9-17(20(23,24)25)28-19(27-16)31-10-18(29)26-14-7-12(21)6-13(22)8-14/h2-9H,10H2,1H3,(H,26,29). The molecule has 0 aliphatic rings. The Balaban J connectivity index is 1.80. The highest BCUT2D eigenvalue weighted by Gasteiger charge is 2.34. The van der Waals surface area contributed by atoms with Crippen molar-refractivity contribution in [2.45, 2.75) is 11.3 Å². The van der Waals surface area contributed by atoms with Gasteiger partial charge >= 0.3 is 6.18 Å². The first-order valence-corrected chi connectivity index (χ1v) is 10.4. The third kappa shape index (κ3) is 6.49. The normalized spacial score (nSPS) is 11.3. The molecular weight excluding hydrogens is 474 g/mol. The van der Waals surface area contributed by atoms with Crippen molar-refractivity contribution in [3.8, 4) is 17.0 Å². The molecule has 1 N–H and O–H groups in total. The Morgan fingerprint density at radius 3 is 2.29 bits per heavy atom. The molecule has 1 amide bonds. The molecule has 3 aromatic rings. The van der Waals surface area contributed by atoms with E-state index >= 15 is 0 Å². The maximum absolute atomic E-state index is 13.3. The summed E-state index contributed by atoms with van der Waals surface area (Å²) in [6, 6.07) is 11.8. The number of hydrogen-bond donors (Lipinski definition) is 1. The lowest BCUT2D eigenvalue weighted by Gasteiger charge is -2.11. The second kappa shape index (κ2) is 9.76. The van der Waals surface area contributed by atoms with Crippen LogP contribution >= 0.6 is 35.0 Å². The number of thioether (sulfide) groups is 1. The van der Waals surface area contributed by atoms with E-state index in [4.69, 9.17) is 27.9 Å². The van der Waals surface area contributed by atoms with Gasteiger partial charge in [-0.1, -0.05) is 35.0 Å². The van der Waals surface area contributed by atoms with E-state index in [1.807, 2.05) is 0 Å². The summed E-state index contributed by atoms with van der Waals surface area (Å²) in [7, 11) is 1.48. The molecule has 1 heterocycles. The summed E-state index contributed by atoms with van der Waals surface area (Å²) in [6.07, 6.45) is -4.67. The van der Waals surface area contributed by atoms with E-state index in [0.717, 1.165) is 17.8 Å². The molecule has 31 heavy (non-hydrogen) atoms. The van der Waals surface area contributed by atoms with Gasteiger partial charge in [0.2, 0.25) is 5.91 Å². The summed E-state index contributed by atoms with van der Waals surface area (Å²) in [4.78, 5) is 19.9. The Morgan fingerprint density at radius 1 is 1.06 bits per heavy atom. The van der Waals surface area contributed by atoms with E-state index in [1.165, 1.54) is 25.3 Å². The fourth-order valence-corrected chi connectivity index (χ4v) is 3.68. The molecule has 5 nitrogen and oxygen atoms in total. The number of nitrogens with one attached hydrogen (secondary N) is 1. The van der Waals surface area contributed by atoms with Gasteiger partial charge in [0.1, 0.15) is 11.4 Å². The molecule has 2 aromatic carbocycles. The topological polar surface area (TPSA) is 64.1 Å². The van der Waals surface area contributed by atoms with Crippen LogP contribution in [0.25, 0.3) is 11.3 Å². The average Bonchev–Trinajstić information content (AvgIpc) is 2.71. The maximum atomic E-state index is 13.3. The summed E-state index contributed by atoms with van der Waals surface area (Å²) in [6.45, 7) is 0. The number of anilines is 1. The predicted octanol–water partition coefficient (Wildman–Crippen LogP) is 6.21. The molecule has 0 bridgehead atoms. The molecule has 0 unspecified atom stereocenters. The largest absolute Gasteiger partial charge is 0.497 e. The minimum atomic E-state index is -4.67. The van der Waals surface area contributed by atoms with Gasteiger partial charge in [-0.2, -0.15) is 13.2 Å². The lowest BCUT2D eigenvalue weighted by Crippen LogP contribution is -2.15. The van der Waals surface area contributed by atoms with Crippen LogP contribution in [0.3, 0.4) is 0 Å². The van der Waals surface area contributed by atoms with Crippen LogP contribution in [0.5, 0.6) is 5.75 Å². The van der Waals surface area contributed by atoms with Crippen molar-refractivity contribution in [2.75, 3.05) is 18.2 Å². The van der Waals surface area contributed by atoms with E-state index in [-0.39, 0.29) is 16.6 Å². The van der Waals surface area contributed by atoms with Crippen LogP contribution in [0.15, 0.2) is 53.7 Å². The molecule has 0 aliphatic heterocycles. The molecule has 0 saturated carbocycles. The van der Waals surface area contributed by atoms with Gasteiger partial charge in [0.15, 0.2) is 5.16 Å². The Morgan fingerprint density at radius 2 is 1.71 bits per heavy atom. The fourth-order valence-electron chi connectivity index (χ4n) is 2.50. The summed E-state index contributed by atoms with van der Waals surface area (Å²) < 4.78 is 45.0. The first-order chi connectivity index (χ1) is 14.6. The van der Waals surface area contributed by atoms with Crippen LogP contribution < -0.4 is 10.1 Å². The predicted molar refractivity (Wildman–Crippen MR) is 115 cm³/mol. The quantitative estimate of drug-likeness (QED) is 0.330. The van der Waals surface area contributed by atoms with Gasteiger partial charge in [-0.25, -0.2) is 9.97 Å². The Kier molecular flexibility index (Phi) is 7.30. The Hall–Kier alpha value is -2.49. The van der Waals surface area contributed by atoms with Crippen molar-refractivity contribution < 1.29 is 22.7 Å². The number of hydrogen-bond acceptors (Lipinski definition) is 5. The third-order valence-electron chi connectivity index (χ3n) is 3.86. The van der Waals surface area contributed by atoms with E-state index in [2.05, 4.69) is 15.3 Å². The number of rotatable bonds is 6. The van der Waals surface area contributed by atoms with Gasteiger partial charge in [-0.05, 0) is 48.5 Å². The molecular formula is C20H14Cl2F3N3O2S. The molecule has 0 atom stereocenters. The molecule has 0 saturated heterocycles. The maximum Gasteiger partial charge on any atom is 0.433 e. The number of carbonyl (C=O) groups is 1. The molecule has 162 valence electrons. The fraction of sp³-hybridized carbons (Fsp3) is 0.150. The van der Waals surface area contributed by atoms with Gasteiger partial charge in [0, 0.05) is 21.3 Å². The van der Waals surface area contributed by atoms with Gasteiger partial charge in [0.05, 0.1) is 18.6 Å². The Bertz CT molecular complexity index is 1080. The number of aromatic nitrogens is 2. The summed E-state index contributed by atoms with van der Waals surface area (Å²) >= 11 is 12.5. The Labute approximate surface area is 189 Å².